The van der Waals surface area contributed by atoms with Gasteiger partial charge in [0.2, 0.25) is 0 Å². The average Bonchev–Trinajstić information content (AvgIpc) is 2.19. The zero-order valence-corrected chi connectivity index (χ0v) is 9.66. The second-order valence-electron chi connectivity index (χ2n) is 4.41. The first kappa shape index (κ1) is 11.3. The molecule has 14 heavy (non-hydrogen) atoms. The highest BCUT2D eigenvalue weighted by molar-refractivity contribution is 5.68. The van der Waals surface area contributed by atoms with Gasteiger partial charge in [-0.3, -0.25) is 0 Å². The largest absolute Gasteiger partial charge is 0.365 e. The topological polar surface area (TPSA) is 21.6 Å². The van der Waals surface area contributed by atoms with Crippen LogP contribution >= 0.6 is 0 Å². The molecular weight excluding hydrogens is 174 g/mol. The predicted molar refractivity (Wildman–Crippen MR) is 60.1 cm³/mol. The van der Waals surface area contributed by atoms with Crippen LogP contribution in [0, 0.1) is 17.3 Å². The third-order valence-electron chi connectivity index (χ3n) is 3.45. The number of rotatable bonds is 4. The van der Waals surface area contributed by atoms with Gasteiger partial charge in [-0.1, -0.05) is 45.7 Å². The van der Waals surface area contributed by atoms with Crippen molar-refractivity contribution in [3.05, 3.63) is 12.3 Å². The summed E-state index contributed by atoms with van der Waals surface area (Å²) in [5.74, 6) is 1.37. The minimum absolute atomic E-state index is 0.0719. The number of nitrogens with zero attached hydrogens (tertiary/aromatic N) is 1. The van der Waals surface area contributed by atoms with Gasteiger partial charge in [-0.15, -0.1) is 0 Å². The van der Waals surface area contributed by atoms with Gasteiger partial charge in [0.15, 0.2) is 0 Å². The Labute approximate surface area is 87.0 Å². The van der Waals surface area contributed by atoms with Crippen molar-refractivity contribution in [3.63, 3.8) is 0 Å². The molecule has 0 fully saturated rings. The summed E-state index contributed by atoms with van der Waals surface area (Å²) < 4.78 is 0. The molecule has 1 heterocycles. The molecule has 0 N–H and O–H groups in total. The Morgan fingerprint density at radius 2 is 2.07 bits per heavy atom. The summed E-state index contributed by atoms with van der Waals surface area (Å²) in [6, 6.07) is 0. The molecule has 1 aliphatic rings. The molecule has 3 atom stereocenters. The van der Waals surface area contributed by atoms with Crippen LogP contribution < -0.4 is 0 Å². The minimum Gasteiger partial charge on any atom is -0.365 e. The van der Waals surface area contributed by atoms with Crippen LogP contribution in [0.4, 0.5) is 0 Å². The lowest BCUT2D eigenvalue weighted by atomic mass is 9.69. The van der Waals surface area contributed by atoms with Crippen LogP contribution in [0.3, 0.4) is 0 Å². The van der Waals surface area contributed by atoms with Crippen LogP contribution in [-0.2, 0) is 4.84 Å². The van der Waals surface area contributed by atoms with Crippen molar-refractivity contribution in [2.45, 2.75) is 40.5 Å². The van der Waals surface area contributed by atoms with E-state index in [4.69, 9.17) is 4.84 Å². The minimum atomic E-state index is 0.0719. The maximum absolute atomic E-state index is 4.86. The van der Waals surface area contributed by atoms with E-state index in [0.717, 1.165) is 5.92 Å². The number of hydrogen-bond donors (Lipinski definition) is 0. The summed E-state index contributed by atoms with van der Waals surface area (Å²) in [5.41, 5.74) is 0.0719. The lowest BCUT2D eigenvalue weighted by Crippen LogP contribution is -2.32. The first-order chi connectivity index (χ1) is 6.64. The van der Waals surface area contributed by atoms with Gasteiger partial charge in [-0.25, -0.2) is 0 Å². The van der Waals surface area contributed by atoms with Crippen molar-refractivity contribution >= 4 is 6.21 Å². The molecule has 0 saturated carbocycles. The Balaban J connectivity index is 2.81. The Morgan fingerprint density at radius 1 is 1.36 bits per heavy atom. The summed E-state index contributed by atoms with van der Waals surface area (Å²) in [6.07, 6.45) is 8.16. The lowest BCUT2D eigenvalue weighted by molar-refractivity contribution is 0.197. The highest BCUT2D eigenvalue weighted by Crippen LogP contribution is 2.37. The highest BCUT2D eigenvalue weighted by atomic mass is 16.6. The molecule has 2 nitrogen and oxygen atoms in total. The van der Waals surface area contributed by atoms with Crippen molar-refractivity contribution in [1.82, 2.24) is 0 Å². The van der Waals surface area contributed by atoms with E-state index >= 15 is 0 Å². The summed E-state index contributed by atoms with van der Waals surface area (Å²) in [6.45, 7) is 9.04. The van der Waals surface area contributed by atoms with Crippen LogP contribution in [0.1, 0.15) is 40.5 Å². The summed E-state index contributed by atoms with van der Waals surface area (Å²) in [7, 11) is 0. The molecule has 0 bridgehead atoms. The van der Waals surface area contributed by atoms with E-state index < -0.39 is 0 Å². The molecular formula is C12H21NO. The Kier molecular flexibility index (Phi) is 3.73. The molecule has 3 unspecified atom stereocenters. The molecule has 0 saturated heterocycles. The fourth-order valence-electron chi connectivity index (χ4n) is 2.36. The third-order valence-corrected chi connectivity index (χ3v) is 3.45. The quantitative estimate of drug-likeness (QED) is 0.671. The van der Waals surface area contributed by atoms with Gasteiger partial charge in [0.1, 0.15) is 6.26 Å². The standard InChI is InChI=1S/C12H21NO/c1-5-10(3)11(6-2)12(4)7-8-14-13-9-12/h7-11H,5-6H2,1-4H3. The Bertz CT molecular complexity index is 220. The average molecular weight is 195 g/mol. The van der Waals surface area contributed by atoms with Crippen molar-refractivity contribution < 1.29 is 4.84 Å². The molecule has 0 amide bonds. The molecule has 1 rings (SSSR count). The molecule has 0 radical (unpaired) electrons. The summed E-state index contributed by atoms with van der Waals surface area (Å²) in [5, 5.41) is 3.90. The van der Waals surface area contributed by atoms with Gasteiger partial charge < -0.3 is 4.84 Å². The normalized spacial score (nSPS) is 29.7. The molecule has 0 aromatic heterocycles. The van der Waals surface area contributed by atoms with E-state index in [9.17, 15) is 0 Å². The first-order valence-electron chi connectivity index (χ1n) is 5.52. The Hall–Kier alpha value is -0.790. The van der Waals surface area contributed by atoms with E-state index in [1.54, 1.807) is 6.26 Å². The second-order valence-corrected chi connectivity index (χ2v) is 4.41. The molecule has 0 aromatic rings. The van der Waals surface area contributed by atoms with Gasteiger partial charge in [-0.05, 0) is 17.9 Å². The molecule has 1 aliphatic heterocycles. The van der Waals surface area contributed by atoms with E-state index in [1.807, 2.05) is 6.21 Å². The van der Waals surface area contributed by atoms with Crippen molar-refractivity contribution in [1.29, 1.82) is 0 Å². The number of hydrogen-bond acceptors (Lipinski definition) is 2. The predicted octanol–water partition coefficient (Wildman–Crippen LogP) is 3.59. The van der Waals surface area contributed by atoms with Crippen LogP contribution in [0.5, 0.6) is 0 Å². The second kappa shape index (κ2) is 4.63. The molecule has 0 aliphatic carbocycles. The van der Waals surface area contributed by atoms with Gasteiger partial charge in [-0.2, -0.15) is 0 Å². The third kappa shape index (κ3) is 2.17. The zero-order valence-electron chi connectivity index (χ0n) is 9.66. The fourth-order valence-corrected chi connectivity index (χ4v) is 2.36. The Morgan fingerprint density at radius 3 is 2.50 bits per heavy atom. The number of allylic oxidation sites excluding steroid dienone is 1. The van der Waals surface area contributed by atoms with Gasteiger partial charge in [0, 0.05) is 5.41 Å². The maximum atomic E-state index is 4.86. The van der Waals surface area contributed by atoms with E-state index in [0.29, 0.717) is 5.92 Å². The van der Waals surface area contributed by atoms with Crippen molar-refractivity contribution in [3.8, 4) is 0 Å². The van der Waals surface area contributed by atoms with Gasteiger partial charge in [0.25, 0.3) is 0 Å². The van der Waals surface area contributed by atoms with E-state index in [-0.39, 0.29) is 5.41 Å². The van der Waals surface area contributed by atoms with Crippen LogP contribution in [0.15, 0.2) is 17.5 Å². The summed E-state index contributed by atoms with van der Waals surface area (Å²) >= 11 is 0. The SMILES string of the molecule is CCC(C)C(CC)C1(C)C=CON=C1. The highest BCUT2D eigenvalue weighted by Gasteiger charge is 2.33. The lowest BCUT2D eigenvalue weighted by Gasteiger charge is -2.35. The van der Waals surface area contributed by atoms with Crippen LogP contribution in [0.2, 0.25) is 0 Å². The molecule has 80 valence electrons. The fraction of sp³-hybridized carbons (Fsp3) is 0.750. The van der Waals surface area contributed by atoms with E-state index in [2.05, 4.69) is 38.9 Å². The van der Waals surface area contributed by atoms with Crippen LogP contribution in [0.25, 0.3) is 0 Å². The van der Waals surface area contributed by atoms with Crippen LogP contribution in [-0.4, -0.2) is 6.21 Å². The van der Waals surface area contributed by atoms with Gasteiger partial charge in [0.05, 0.1) is 6.21 Å². The monoisotopic (exact) mass is 195 g/mol. The number of oxime groups is 1. The van der Waals surface area contributed by atoms with E-state index in [1.165, 1.54) is 12.8 Å². The zero-order chi connectivity index (χ0) is 10.6. The first-order valence-corrected chi connectivity index (χ1v) is 5.52. The molecule has 2 heteroatoms. The molecule has 0 aromatic carbocycles. The molecule has 0 spiro atoms. The maximum Gasteiger partial charge on any atom is 0.119 e. The smallest absolute Gasteiger partial charge is 0.119 e. The van der Waals surface area contributed by atoms with Crippen molar-refractivity contribution in [2.24, 2.45) is 22.4 Å². The van der Waals surface area contributed by atoms with Crippen molar-refractivity contribution in [2.75, 3.05) is 0 Å². The van der Waals surface area contributed by atoms with Gasteiger partial charge >= 0.3 is 0 Å². The summed E-state index contributed by atoms with van der Waals surface area (Å²) in [4.78, 5) is 4.86.